The third-order valence-electron chi connectivity index (χ3n) is 7.87. The molecule has 5 rings (SSSR count). The zero-order chi connectivity index (χ0) is 28.1. The Hall–Kier alpha value is -3.82. The summed E-state index contributed by atoms with van der Waals surface area (Å²) >= 11 is 0. The number of anilines is 3. The molecule has 2 atom stereocenters. The molecule has 9 heteroatoms. The van der Waals surface area contributed by atoms with Crippen LogP contribution in [0.25, 0.3) is 0 Å². The first-order valence-electron chi connectivity index (χ1n) is 14.2. The molecule has 210 valence electrons. The fourth-order valence-electron chi connectivity index (χ4n) is 5.62. The van der Waals surface area contributed by atoms with Crippen LogP contribution in [0.3, 0.4) is 0 Å². The second-order valence-electron chi connectivity index (χ2n) is 10.6. The van der Waals surface area contributed by atoms with Crippen molar-refractivity contribution in [1.82, 2.24) is 15.0 Å². The molecule has 40 heavy (non-hydrogen) atoms. The van der Waals surface area contributed by atoms with Gasteiger partial charge in [0, 0.05) is 61.6 Å². The minimum absolute atomic E-state index is 0.0256. The number of aryl methyl sites for hydroxylation is 1. The number of hydrogen-bond donors (Lipinski definition) is 2. The molecule has 2 N–H and O–H groups in total. The molecule has 9 nitrogen and oxygen atoms in total. The molecule has 1 saturated heterocycles. The highest BCUT2D eigenvalue weighted by molar-refractivity contribution is 6.12. The number of hydrogen-bond acceptors (Lipinski definition) is 6. The van der Waals surface area contributed by atoms with Gasteiger partial charge in [0.05, 0.1) is 11.4 Å². The van der Waals surface area contributed by atoms with Gasteiger partial charge in [-0.15, -0.1) is 5.10 Å². The summed E-state index contributed by atoms with van der Waals surface area (Å²) in [6.45, 7) is 3.08. The monoisotopic (exact) mass is 543 g/mol. The minimum atomic E-state index is -1.80. The van der Waals surface area contributed by atoms with Gasteiger partial charge in [-0.05, 0) is 49.6 Å². The molecule has 2 amide bonds. The molecular weight excluding hydrogens is 506 g/mol. The van der Waals surface area contributed by atoms with E-state index < -0.39 is 17.4 Å². The second kappa shape index (κ2) is 12.1. The van der Waals surface area contributed by atoms with Crippen LogP contribution >= 0.6 is 0 Å². The molecule has 0 saturated carbocycles. The summed E-state index contributed by atoms with van der Waals surface area (Å²) < 4.78 is 1.72. The summed E-state index contributed by atoms with van der Waals surface area (Å²) in [4.78, 5) is 30.4. The third kappa shape index (κ3) is 5.44. The largest absolute Gasteiger partial charge is 0.396 e. The molecule has 3 heterocycles. The SMILES string of the molecule is C[C@H](/C=C/CCn1cc(CCO)nn1)[C@@]1(O)C(=O)N(c2ccccc2)c2ccc(N3CCCCCCC3=O)cc21. The van der Waals surface area contributed by atoms with Gasteiger partial charge in [0.2, 0.25) is 5.91 Å². The molecule has 0 unspecified atom stereocenters. The molecule has 2 aromatic carbocycles. The van der Waals surface area contributed by atoms with Gasteiger partial charge >= 0.3 is 0 Å². The summed E-state index contributed by atoms with van der Waals surface area (Å²) in [6.07, 6.45) is 11.2. The van der Waals surface area contributed by atoms with E-state index in [0.717, 1.165) is 31.4 Å². The number of para-hydroxylation sites is 1. The summed E-state index contributed by atoms with van der Waals surface area (Å²) in [7, 11) is 0. The van der Waals surface area contributed by atoms with Crippen LogP contribution in [0.15, 0.2) is 66.9 Å². The lowest BCUT2D eigenvalue weighted by Crippen LogP contribution is -2.43. The molecule has 2 aliphatic rings. The number of allylic oxidation sites excluding steroid dienone is 1. The average Bonchev–Trinajstić information content (AvgIpc) is 3.49. The van der Waals surface area contributed by atoms with Crippen molar-refractivity contribution < 1.29 is 19.8 Å². The van der Waals surface area contributed by atoms with Gasteiger partial charge in [0.15, 0.2) is 5.60 Å². The summed E-state index contributed by atoms with van der Waals surface area (Å²) in [5.41, 5.74) is 1.47. The van der Waals surface area contributed by atoms with Crippen LogP contribution in [0, 0.1) is 5.92 Å². The van der Waals surface area contributed by atoms with Crippen LogP contribution in [0.5, 0.6) is 0 Å². The van der Waals surface area contributed by atoms with E-state index in [0.29, 0.717) is 55.0 Å². The van der Waals surface area contributed by atoms with Crippen molar-refractivity contribution in [3.63, 3.8) is 0 Å². The summed E-state index contributed by atoms with van der Waals surface area (Å²) in [6, 6.07) is 14.9. The van der Waals surface area contributed by atoms with Gasteiger partial charge in [0.1, 0.15) is 0 Å². The summed E-state index contributed by atoms with van der Waals surface area (Å²) in [5, 5.41) is 29.4. The van der Waals surface area contributed by atoms with Crippen molar-refractivity contribution in [2.24, 2.45) is 5.92 Å². The fourth-order valence-corrected chi connectivity index (χ4v) is 5.62. The molecule has 0 spiro atoms. The molecular formula is C31H37N5O4. The number of aromatic nitrogens is 3. The van der Waals surface area contributed by atoms with E-state index >= 15 is 0 Å². The zero-order valence-electron chi connectivity index (χ0n) is 22.9. The van der Waals surface area contributed by atoms with Gasteiger partial charge in [0.25, 0.3) is 5.91 Å². The Morgan fingerprint density at radius 2 is 1.85 bits per heavy atom. The predicted octanol–water partition coefficient (Wildman–Crippen LogP) is 4.26. The Balaban J connectivity index is 1.44. The molecule has 0 bridgehead atoms. The van der Waals surface area contributed by atoms with Gasteiger partial charge in [-0.2, -0.15) is 0 Å². The maximum absolute atomic E-state index is 14.0. The van der Waals surface area contributed by atoms with E-state index in [1.807, 2.05) is 73.8 Å². The lowest BCUT2D eigenvalue weighted by molar-refractivity contribution is -0.138. The van der Waals surface area contributed by atoms with Crippen molar-refractivity contribution >= 4 is 28.9 Å². The molecule has 3 aromatic rings. The van der Waals surface area contributed by atoms with Crippen molar-refractivity contribution in [3.05, 3.63) is 78.1 Å². The number of rotatable bonds is 9. The van der Waals surface area contributed by atoms with Crippen LogP contribution in [0.2, 0.25) is 0 Å². The van der Waals surface area contributed by atoms with Crippen molar-refractivity contribution in [2.75, 3.05) is 23.0 Å². The van der Waals surface area contributed by atoms with Gasteiger partial charge in [-0.1, -0.05) is 55.3 Å². The lowest BCUT2D eigenvalue weighted by Gasteiger charge is -2.29. The number of carbonyl (C=O) groups is 2. The standard InChI is InChI=1S/C31H37N5O4/c1-23(11-8-10-18-34-22-24(17-20-37)32-33-34)31(40)27-21-26(35-19-9-3-2-7-14-29(35)38)15-16-28(27)36(30(31)39)25-12-5-4-6-13-25/h4-6,8,11-13,15-16,21-23,37,40H,2-3,7,9-10,14,17-20H2,1H3/b11-8+/t23-,31+/m1/s1. The summed E-state index contributed by atoms with van der Waals surface area (Å²) in [5.74, 6) is -0.867. The number of benzene rings is 2. The third-order valence-corrected chi connectivity index (χ3v) is 7.87. The maximum atomic E-state index is 14.0. The van der Waals surface area contributed by atoms with Gasteiger partial charge in [-0.25, -0.2) is 0 Å². The van der Waals surface area contributed by atoms with E-state index in [1.54, 1.807) is 14.5 Å². The van der Waals surface area contributed by atoms with E-state index in [-0.39, 0.29) is 12.5 Å². The number of carbonyl (C=O) groups excluding carboxylic acids is 2. The molecule has 1 fully saturated rings. The first-order chi connectivity index (χ1) is 19.4. The van der Waals surface area contributed by atoms with E-state index in [4.69, 9.17) is 5.11 Å². The highest BCUT2D eigenvalue weighted by Crippen LogP contribution is 2.49. The van der Waals surface area contributed by atoms with Crippen molar-refractivity contribution in [2.45, 2.75) is 64.0 Å². The first kappa shape index (κ1) is 27.7. The Morgan fingerprint density at radius 1 is 1.05 bits per heavy atom. The molecule has 2 aliphatic heterocycles. The Kier molecular flexibility index (Phi) is 8.42. The number of nitrogens with zero attached hydrogens (tertiary/aromatic N) is 5. The van der Waals surface area contributed by atoms with E-state index in [1.165, 1.54) is 0 Å². The fraction of sp³-hybridized carbons (Fsp3) is 0.419. The van der Waals surface area contributed by atoms with Gasteiger partial charge in [-0.3, -0.25) is 19.2 Å². The molecule has 0 radical (unpaired) electrons. The van der Waals surface area contributed by atoms with E-state index in [2.05, 4.69) is 10.3 Å². The Bertz CT molecular complexity index is 1370. The minimum Gasteiger partial charge on any atom is -0.396 e. The number of aliphatic hydroxyl groups is 2. The maximum Gasteiger partial charge on any atom is 0.268 e. The molecule has 0 aliphatic carbocycles. The van der Waals surface area contributed by atoms with Gasteiger partial charge < -0.3 is 15.1 Å². The predicted molar refractivity (Wildman–Crippen MR) is 153 cm³/mol. The highest BCUT2D eigenvalue weighted by Gasteiger charge is 2.53. The zero-order valence-corrected chi connectivity index (χ0v) is 22.9. The average molecular weight is 544 g/mol. The van der Waals surface area contributed by atoms with Crippen LogP contribution in [0.4, 0.5) is 17.1 Å². The quantitative estimate of drug-likeness (QED) is 0.390. The highest BCUT2D eigenvalue weighted by atomic mass is 16.3. The smallest absolute Gasteiger partial charge is 0.268 e. The van der Waals surface area contributed by atoms with Crippen LogP contribution in [-0.4, -0.2) is 50.2 Å². The number of aliphatic hydroxyl groups excluding tert-OH is 1. The van der Waals surface area contributed by atoms with Crippen molar-refractivity contribution in [1.29, 1.82) is 0 Å². The van der Waals surface area contributed by atoms with Crippen molar-refractivity contribution in [3.8, 4) is 0 Å². The van der Waals surface area contributed by atoms with E-state index in [9.17, 15) is 14.7 Å². The topological polar surface area (TPSA) is 112 Å². The first-order valence-corrected chi connectivity index (χ1v) is 14.2. The second-order valence-corrected chi connectivity index (χ2v) is 10.6. The van der Waals surface area contributed by atoms with Crippen LogP contribution in [-0.2, 0) is 28.2 Å². The van der Waals surface area contributed by atoms with Crippen LogP contribution in [0.1, 0.15) is 56.7 Å². The number of fused-ring (bicyclic) bond motifs is 1. The Morgan fingerprint density at radius 3 is 2.65 bits per heavy atom. The lowest BCUT2D eigenvalue weighted by atomic mass is 9.82. The Labute approximate surface area is 234 Å². The number of amides is 2. The molecule has 1 aromatic heterocycles. The normalized spacial score (nSPS) is 20.6. The van der Waals surface area contributed by atoms with Crippen LogP contribution < -0.4 is 9.80 Å².